The lowest BCUT2D eigenvalue weighted by Crippen LogP contribution is -2.40. The van der Waals surface area contributed by atoms with Crippen LogP contribution < -0.4 is 11.1 Å². The first-order chi connectivity index (χ1) is 11.2. The van der Waals surface area contributed by atoms with Crippen LogP contribution in [0.4, 0.5) is 0 Å². The predicted octanol–water partition coefficient (Wildman–Crippen LogP) is 2.43. The molecule has 4 N–H and O–H groups in total. The van der Waals surface area contributed by atoms with Gasteiger partial charge in [0.2, 0.25) is 0 Å². The molecule has 120 valence electrons. The summed E-state index contributed by atoms with van der Waals surface area (Å²) < 4.78 is 0. The fourth-order valence-electron chi connectivity index (χ4n) is 2.07. The molecular formula is C17H20N4OS. The van der Waals surface area contributed by atoms with Crippen LogP contribution in [0.1, 0.15) is 15.2 Å². The van der Waals surface area contributed by atoms with Crippen molar-refractivity contribution in [3.63, 3.8) is 0 Å². The number of hydrogen-bond donors (Lipinski definition) is 3. The van der Waals surface area contributed by atoms with E-state index in [4.69, 9.17) is 11.1 Å². The molecule has 1 aromatic carbocycles. The van der Waals surface area contributed by atoms with Crippen molar-refractivity contribution in [3.05, 3.63) is 70.6 Å². The minimum atomic E-state index is -0.176. The molecule has 1 aromatic heterocycles. The molecule has 0 atom stereocenters. The second kappa shape index (κ2) is 8.87. The highest BCUT2D eigenvalue weighted by Crippen LogP contribution is 2.12. The van der Waals surface area contributed by atoms with Crippen LogP contribution in [0.25, 0.3) is 0 Å². The smallest absolute Gasteiger partial charge is 0.269 e. The van der Waals surface area contributed by atoms with Crippen LogP contribution in [-0.2, 0) is 6.54 Å². The van der Waals surface area contributed by atoms with Crippen LogP contribution in [-0.4, -0.2) is 29.7 Å². The Morgan fingerprint density at radius 1 is 1.26 bits per heavy atom. The van der Waals surface area contributed by atoms with Crippen molar-refractivity contribution in [2.75, 3.05) is 13.1 Å². The van der Waals surface area contributed by atoms with Gasteiger partial charge in [0.15, 0.2) is 0 Å². The summed E-state index contributed by atoms with van der Waals surface area (Å²) >= 11 is 1.37. The summed E-state index contributed by atoms with van der Waals surface area (Å²) in [4.78, 5) is 14.5. The lowest BCUT2D eigenvalue weighted by molar-refractivity contribution is 0.0852. The Morgan fingerprint density at radius 3 is 2.70 bits per heavy atom. The summed E-state index contributed by atoms with van der Waals surface area (Å²) in [7, 11) is 0. The van der Waals surface area contributed by atoms with Gasteiger partial charge in [-0.25, -0.2) is 0 Å². The summed E-state index contributed by atoms with van der Waals surface area (Å²) in [6.07, 6.45) is 2.69. The maximum absolute atomic E-state index is 12.5. The van der Waals surface area contributed by atoms with Gasteiger partial charge in [0, 0.05) is 19.6 Å². The molecule has 0 spiro atoms. The van der Waals surface area contributed by atoms with Gasteiger partial charge in [-0.3, -0.25) is 15.1 Å². The molecule has 0 saturated heterocycles. The fourth-order valence-corrected chi connectivity index (χ4v) is 2.74. The molecule has 0 radical (unpaired) electrons. The van der Waals surface area contributed by atoms with E-state index in [1.807, 2.05) is 41.8 Å². The maximum Gasteiger partial charge on any atom is 0.269 e. The van der Waals surface area contributed by atoms with E-state index in [1.54, 1.807) is 6.07 Å². The first-order valence-corrected chi connectivity index (χ1v) is 8.17. The van der Waals surface area contributed by atoms with Gasteiger partial charge in [0.25, 0.3) is 5.91 Å². The number of benzene rings is 1. The number of amides is 1. The number of nitrogens with two attached hydrogens (primary N) is 1. The molecule has 0 fully saturated rings. The predicted molar refractivity (Wildman–Crippen MR) is 94.6 cm³/mol. The Morgan fingerprint density at radius 2 is 2.04 bits per heavy atom. The Kier molecular flexibility index (Phi) is 6.53. The molecule has 0 aliphatic heterocycles. The van der Waals surface area contributed by atoms with Gasteiger partial charge in [-0.15, -0.1) is 11.3 Å². The number of amidine groups is 1. The molecule has 0 aliphatic carbocycles. The van der Waals surface area contributed by atoms with Crippen molar-refractivity contribution in [2.24, 2.45) is 5.73 Å². The van der Waals surface area contributed by atoms with Crippen LogP contribution in [0, 0.1) is 5.41 Å². The number of rotatable bonds is 7. The molecule has 23 heavy (non-hydrogen) atoms. The average Bonchev–Trinajstić information content (AvgIpc) is 3.10. The van der Waals surface area contributed by atoms with Gasteiger partial charge in [-0.1, -0.05) is 36.4 Å². The minimum Gasteiger partial charge on any atom is -0.404 e. The number of hydrogen-bond acceptors (Lipinski definition) is 5. The van der Waals surface area contributed by atoms with Gasteiger partial charge < -0.3 is 11.1 Å². The van der Waals surface area contributed by atoms with Gasteiger partial charge in [-0.05, 0) is 29.3 Å². The Labute approximate surface area is 139 Å². The van der Waals surface area contributed by atoms with Crippen molar-refractivity contribution in [3.8, 4) is 0 Å². The summed E-state index contributed by atoms with van der Waals surface area (Å²) in [5, 5.41) is 13.1. The average molecular weight is 328 g/mol. The van der Waals surface area contributed by atoms with Crippen LogP contribution >= 0.6 is 11.3 Å². The second-order valence-electron chi connectivity index (χ2n) is 4.84. The standard InChI is InChI=1S/C17H20N4OS/c18-9-8-16(19)21(17(22)15-7-4-12-23-15)11-10-20-13-14-5-2-1-3-6-14/h1-9,12,19-20H,10-11,13,18H2/b9-8-,19-16?. The first-order valence-electron chi connectivity index (χ1n) is 7.29. The van der Waals surface area contributed by atoms with E-state index < -0.39 is 0 Å². The summed E-state index contributed by atoms with van der Waals surface area (Å²) in [6, 6.07) is 13.6. The highest BCUT2D eigenvalue weighted by atomic mass is 32.1. The largest absolute Gasteiger partial charge is 0.404 e. The zero-order chi connectivity index (χ0) is 16.5. The Bertz CT molecular complexity index is 652. The number of nitrogens with one attached hydrogen (secondary N) is 2. The van der Waals surface area contributed by atoms with Gasteiger partial charge in [-0.2, -0.15) is 0 Å². The SMILES string of the molecule is N=C(/C=C\N)N(CCNCc1ccccc1)C(=O)c1cccs1. The van der Waals surface area contributed by atoms with Crippen molar-refractivity contribution in [1.82, 2.24) is 10.2 Å². The Hall–Kier alpha value is -2.44. The number of carbonyl (C=O) groups is 1. The van der Waals surface area contributed by atoms with Crippen LogP contribution in [0.15, 0.2) is 60.1 Å². The Balaban J connectivity index is 1.92. The summed E-state index contributed by atoms with van der Waals surface area (Å²) in [5.41, 5.74) is 6.53. The lowest BCUT2D eigenvalue weighted by atomic mass is 10.2. The maximum atomic E-state index is 12.5. The number of nitrogens with zero attached hydrogens (tertiary/aromatic N) is 1. The van der Waals surface area contributed by atoms with E-state index in [0.717, 1.165) is 6.54 Å². The topological polar surface area (TPSA) is 82.2 Å². The quantitative estimate of drug-likeness (QED) is 0.415. The highest BCUT2D eigenvalue weighted by molar-refractivity contribution is 7.12. The first kappa shape index (κ1) is 16.9. The monoisotopic (exact) mass is 328 g/mol. The van der Waals surface area contributed by atoms with E-state index in [0.29, 0.717) is 18.0 Å². The van der Waals surface area contributed by atoms with Crippen LogP contribution in [0.3, 0.4) is 0 Å². The van der Waals surface area contributed by atoms with Gasteiger partial charge in [0.1, 0.15) is 5.84 Å². The van der Waals surface area contributed by atoms with E-state index in [1.165, 1.54) is 34.1 Å². The molecule has 2 aromatic rings. The molecule has 2 rings (SSSR count). The third kappa shape index (κ3) is 5.05. The molecular weight excluding hydrogens is 308 g/mol. The summed E-state index contributed by atoms with van der Waals surface area (Å²) in [6.45, 7) is 1.72. The molecule has 0 unspecified atom stereocenters. The summed E-state index contributed by atoms with van der Waals surface area (Å²) in [5.74, 6) is -0.0861. The molecule has 5 nitrogen and oxygen atoms in total. The van der Waals surface area contributed by atoms with Crippen LogP contribution in [0.2, 0.25) is 0 Å². The van der Waals surface area contributed by atoms with Crippen molar-refractivity contribution in [2.45, 2.75) is 6.54 Å². The molecule has 0 aliphatic rings. The van der Waals surface area contributed by atoms with E-state index in [9.17, 15) is 4.79 Å². The van der Waals surface area contributed by atoms with E-state index in [-0.39, 0.29) is 11.7 Å². The zero-order valence-corrected chi connectivity index (χ0v) is 13.6. The lowest BCUT2D eigenvalue weighted by Gasteiger charge is -2.21. The van der Waals surface area contributed by atoms with Crippen molar-refractivity contribution < 1.29 is 4.79 Å². The molecule has 6 heteroatoms. The zero-order valence-electron chi connectivity index (χ0n) is 12.7. The van der Waals surface area contributed by atoms with Crippen molar-refractivity contribution in [1.29, 1.82) is 5.41 Å². The van der Waals surface area contributed by atoms with Gasteiger partial charge in [0.05, 0.1) is 4.88 Å². The third-order valence-electron chi connectivity index (χ3n) is 3.21. The fraction of sp³-hybridized carbons (Fsp3) is 0.176. The number of carbonyl (C=O) groups excluding carboxylic acids is 1. The normalized spacial score (nSPS) is 10.8. The molecule has 0 bridgehead atoms. The van der Waals surface area contributed by atoms with Gasteiger partial charge >= 0.3 is 0 Å². The number of thiophene rings is 1. The van der Waals surface area contributed by atoms with Crippen LogP contribution in [0.5, 0.6) is 0 Å². The van der Waals surface area contributed by atoms with Crippen molar-refractivity contribution >= 4 is 23.1 Å². The van der Waals surface area contributed by atoms with E-state index >= 15 is 0 Å². The second-order valence-corrected chi connectivity index (χ2v) is 5.79. The highest BCUT2D eigenvalue weighted by Gasteiger charge is 2.19. The molecule has 1 amide bonds. The molecule has 1 heterocycles. The molecule has 0 saturated carbocycles. The third-order valence-corrected chi connectivity index (χ3v) is 4.06. The minimum absolute atomic E-state index is 0.0902. The van der Waals surface area contributed by atoms with E-state index in [2.05, 4.69) is 5.32 Å².